The maximum absolute atomic E-state index is 12.7. The van der Waals surface area contributed by atoms with E-state index in [1.54, 1.807) is 10.4 Å². The summed E-state index contributed by atoms with van der Waals surface area (Å²) in [6.07, 6.45) is 5.54. The lowest BCUT2D eigenvalue weighted by atomic mass is 9.94. The minimum Gasteiger partial charge on any atom is -0.398 e. The standard InChI is InChI=1S/C15H22N2O2S/c16-14-8-2-1-5-13(14)11-20(18,19)17-10-4-7-12-6-3-9-15(12)17/h1-2,5,8,12,15H,3-4,6-7,9-11,16H2. The molecule has 3 rings (SSSR count). The molecule has 1 saturated heterocycles. The molecule has 2 aliphatic rings. The van der Waals surface area contributed by atoms with Gasteiger partial charge in [0.2, 0.25) is 10.0 Å². The van der Waals surface area contributed by atoms with E-state index < -0.39 is 10.0 Å². The number of piperidine rings is 1. The Balaban J connectivity index is 1.83. The monoisotopic (exact) mass is 294 g/mol. The van der Waals surface area contributed by atoms with Crippen molar-refractivity contribution in [1.82, 2.24) is 4.31 Å². The first-order chi connectivity index (χ1) is 9.58. The quantitative estimate of drug-likeness (QED) is 0.870. The van der Waals surface area contributed by atoms with Gasteiger partial charge in [0.25, 0.3) is 0 Å². The van der Waals surface area contributed by atoms with Gasteiger partial charge in [-0.3, -0.25) is 0 Å². The zero-order chi connectivity index (χ0) is 14.2. The number of hydrogen-bond acceptors (Lipinski definition) is 3. The van der Waals surface area contributed by atoms with Gasteiger partial charge in [-0.15, -0.1) is 0 Å². The summed E-state index contributed by atoms with van der Waals surface area (Å²) < 4.78 is 27.2. The second kappa shape index (κ2) is 5.37. The van der Waals surface area contributed by atoms with Crippen LogP contribution in [0.2, 0.25) is 0 Å². The number of hydrogen-bond donors (Lipinski definition) is 1. The average molecular weight is 294 g/mol. The van der Waals surface area contributed by atoms with Crippen molar-refractivity contribution < 1.29 is 8.42 Å². The fourth-order valence-electron chi connectivity index (χ4n) is 3.70. The summed E-state index contributed by atoms with van der Waals surface area (Å²) in [5, 5.41) is 0. The Morgan fingerprint density at radius 3 is 2.70 bits per heavy atom. The summed E-state index contributed by atoms with van der Waals surface area (Å²) in [7, 11) is -3.26. The maximum Gasteiger partial charge on any atom is 0.218 e. The molecule has 110 valence electrons. The molecule has 20 heavy (non-hydrogen) atoms. The Bertz CT molecular complexity index is 585. The van der Waals surface area contributed by atoms with Gasteiger partial charge in [0.05, 0.1) is 5.75 Å². The van der Waals surface area contributed by atoms with Crippen LogP contribution in [0.3, 0.4) is 0 Å². The molecule has 0 aromatic heterocycles. The number of anilines is 1. The molecule has 1 aliphatic carbocycles. The molecule has 2 unspecified atom stereocenters. The molecule has 0 amide bonds. The van der Waals surface area contributed by atoms with Crippen LogP contribution in [0.5, 0.6) is 0 Å². The van der Waals surface area contributed by atoms with E-state index in [1.807, 2.05) is 18.2 Å². The smallest absolute Gasteiger partial charge is 0.218 e. The highest BCUT2D eigenvalue weighted by atomic mass is 32.2. The molecule has 1 saturated carbocycles. The fourth-order valence-corrected chi connectivity index (χ4v) is 5.62. The predicted molar refractivity (Wildman–Crippen MR) is 80.5 cm³/mol. The van der Waals surface area contributed by atoms with Crippen molar-refractivity contribution >= 4 is 15.7 Å². The van der Waals surface area contributed by atoms with Crippen LogP contribution in [0.4, 0.5) is 5.69 Å². The van der Waals surface area contributed by atoms with Gasteiger partial charge < -0.3 is 5.73 Å². The van der Waals surface area contributed by atoms with E-state index in [4.69, 9.17) is 5.73 Å². The van der Waals surface area contributed by atoms with Gasteiger partial charge in [-0.2, -0.15) is 4.31 Å². The highest BCUT2D eigenvalue weighted by Crippen LogP contribution is 2.38. The van der Waals surface area contributed by atoms with Crippen LogP contribution in [-0.4, -0.2) is 25.3 Å². The second-order valence-electron chi connectivity index (χ2n) is 5.97. The third-order valence-electron chi connectivity index (χ3n) is 4.69. The Labute approximate surface area is 121 Å². The van der Waals surface area contributed by atoms with E-state index in [-0.39, 0.29) is 11.8 Å². The summed E-state index contributed by atoms with van der Waals surface area (Å²) in [4.78, 5) is 0. The number of benzene rings is 1. The first kappa shape index (κ1) is 13.9. The molecule has 5 heteroatoms. The lowest BCUT2D eigenvalue weighted by molar-refractivity contribution is 0.202. The molecular weight excluding hydrogens is 272 g/mol. The highest BCUT2D eigenvalue weighted by Gasteiger charge is 2.40. The number of para-hydroxylation sites is 1. The zero-order valence-corrected chi connectivity index (χ0v) is 12.5. The molecule has 1 aromatic rings. The van der Waals surface area contributed by atoms with Gasteiger partial charge >= 0.3 is 0 Å². The largest absolute Gasteiger partial charge is 0.398 e. The van der Waals surface area contributed by atoms with Gasteiger partial charge in [0, 0.05) is 18.3 Å². The lowest BCUT2D eigenvalue weighted by Crippen LogP contribution is -2.46. The second-order valence-corrected chi connectivity index (χ2v) is 7.89. The van der Waals surface area contributed by atoms with E-state index in [0.717, 1.165) is 19.3 Å². The molecule has 0 radical (unpaired) electrons. The Hall–Kier alpha value is -1.07. The predicted octanol–water partition coefficient (Wildman–Crippen LogP) is 2.36. The minimum atomic E-state index is -3.26. The van der Waals surface area contributed by atoms with E-state index in [1.165, 1.54) is 12.8 Å². The third kappa shape index (κ3) is 2.56. The SMILES string of the molecule is Nc1ccccc1CS(=O)(=O)N1CCCC2CCCC21. The molecule has 1 heterocycles. The van der Waals surface area contributed by atoms with Crippen LogP contribution in [0.1, 0.15) is 37.7 Å². The van der Waals surface area contributed by atoms with Gasteiger partial charge in [0.15, 0.2) is 0 Å². The average Bonchev–Trinajstić information content (AvgIpc) is 2.89. The van der Waals surface area contributed by atoms with Crippen molar-refractivity contribution in [3.63, 3.8) is 0 Å². The summed E-state index contributed by atoms with van der Waals surface area (Å²) in [6.45, 7) is 0.677. The molecule has 2 fully saturated rings. The van der Waals surface area contributed by atoms with Crippen molar-refractivity contribution in [2.24, 2.45) is 5.92 Å². The molecular formula is C15H22N2O2S. The molecule has 0 bridgehead atoms. The van der Waals surface area contributed by atoms with Crippen molar-refractivity contribution in [1.29, 1.82) is 0 Å². The van der Waals surface area contributed by atoms with Crippen LogP contribution in [-0.2, 0) is 15.8 Å². The molecule has 1 aromatic carbocycles. The van der Waals surface area contributed by atoms with E-state index in [0.29, 0.717) is 23.7 Å². The Morgan fingerprint density at radius 2 is 1.90 bits per heavy atom. The van der Waals surface area contributed by atoms with Crippen LogP contribution in [0.25, 0.3) is 0 Å². The maximum atomic E-state index is 12.7. The van der Waals surface area contributed by atoms with Gasteiger partial charge in [0.1, 0.15) is 0 Å². The van der Waals surface area contributed by atoms with E-state index in [2.05, 4.69) is 0 Å². The number of nitrogen functional groups attached to an aromatic ring is 1. The van der Waals surface area contributed by atoms with E-state index in [9.17, 15) is 8.42 Å². The first-order valence-electron chi connectivity index (χ1n) is 7.41. The number of sulfonamides is 1. The third-order valence-corrected chi connectivity index (χ3v) is 6.54. The number of nitrogens with zero attached hydrogens (tertiary/aromatic N) is 1. The summed E-state index contributed by atoms with van der Waals surface area (Å²) >= 11 is 0. The molecule has 0 spiro atoms. The van der Waals surface area contributed by atoms with Crippen molar-refractivity contribution in [3.8, 4) is 0 Å². The number of nitrogens with two attached hydrogens (primary N) is 1. The van der Waals surface area contributed by atoms with Gasteiger partial charge in [-0.1, -0.05) is 24.6 Å². The summed E-state index contributed by atoms with van der Waals surface area (Å²) in [6, 6.07) is 7.48. The summed E-state index contributed by atoms with van der Waals surface area (Å²) in [5.41, 5.74) is 7.16. The molecule has 1 aliphatic heterocycles. The lowest BCUT2D eigenvalue weighted by Gasteiger charge is -2.36. The van der Waals surface area contributed by atoms with Crippen LogP contribution >= 0.6 is 0 Å². The molecule has 4 nitrogen and oxygen atoms in total. The Kier molecular flexibility index (Phi) is 3.73. The number of fused-ring (bicyclic) bond motifs is 1. The highest BCUT2D eigenvalue weighted by molar-refractivity contribution is 7.88. The minimum absolute atomic E-state index is 0.0306. The summed E-state index contributed by atoms with van der Waals surface area (Å²) in [5.74, 6) is 0.606. The van der Waals surface area contributed by atoms with Crippen molar-refractivity contribution in [2.75, 3.05) is 12.3 Å². The van der Waals surface area contributed by atoms with Gasteiger partial charge in [-0.05, 0) is 43.2 Å². The van der Waals surface area contributed by atoms with Gasteiger partial charge in [-0.25, -0.2) is 8.42 Å². The molecule has 2 atom stereocenters. The Morgan fingerprint density at radius 1 is 1.15 bits per heavy atom. The topological polar surface area (TPSA) is 63.4 Å². The fraction of sp³-hybridized carbons (Fsp3) is 0.600. The molecule has 2 N–H and O–H groups in total. The van der Waals surface area contributed by atoms with Crippen LogP contribution < -0.4 is 5.73 Å². The van der Waals surface area contributed by atoms with Crippen molar-refractivity contribution in [3.05, 3.63) is 29.8 Å². The number of rotatable bonds is 3. The van der Waals surface area contributed by atoms with Crippen LogP contribution in [0.15, 0.2) is 24.3 Å². The van der Waals surface area contributed by atoms with Crippen molar-refractivity contribution in [2.45, 2.75) is 43.9 Å². The van der Waals surface area contributed by atoms with E-state index >= 15 is 0 Å². The van der Waals surface area contributed by atoms with Crippen LogP contribution in [0, 0.1) is 5.92 Å². The normalized spacial score (nSPS) is 27.4. The first-order valence-corrected chi connectivity index (χ1v) is 9.02. The zero-order valence-electron chi connectivity index (χ0n) is 11.7.